The van der Waals surface area contributed by atoms with Crippen LogP contribution in [0.15, 0.2) is 18.2 Å². The number of carbonyl (C=O) groups excluding carboxylic acids is 2. The molecule has 2 atom stereocenters. The number of benzene rings is 1. The summed E-state index contributed by atoms with van der Waals surface area (Å²) in [5.74, 6) is -1.17. The fourth-order valence-corrected chi connectivity index (χ4v) is 1.83. The van der Waals surface area contributed by atoms with E-state index >= 15 is 0 Å². The summed E-state index contributed by atoms with van der Waals surface area (Å²) in [7, 11) is 0. The lowest BCUT2D eigenvalue weighted by Gasteiger charge is -2.18. The summed E-state index contributed by atoms with van der Waals surface area (Å²) in [6.07, 6.45) is -2.68. The first kappa shape index (κ1) is 17.5. The highest BCUT2D eigenvalue weighted by Crippen LogP contribution is 2.25. The van der Waals surface area contributed by atoms with Crippen LogP contribution in [0.2, 0.25) is 0 Å². The molecule has 0 aromatic heterocycles. The Morgan fingerprint density at radius 3 is 2.50 bits per heavy atom. The number of carbonyl (C=O) groups is 2. The van der Waals surface area contributed by atoms with E-state index in [2.05, 4.69) is 5.32 Å². The number of aliphatic hydroxyl groups excluding tert-OH is 2. The number of nitro benzene ring substituents is 1. The largest absolute Gasteiger partial charge is 0.390 e. The average molecular weight is 311 g/mol. The number of non-ortho nitro benzene ring substituents is 1. The number of nitrogens with zero attached hydrogens (tertiary/aromatic N) is 1. The lowest BCUT2D eigenvalue weighted by atomic mass is 9.99. The number of nitrogens with two attached hydrogens (primary N) is 1. The molecule has 9 nitrogen and oxygen atoms in total. The van der Waals surface area contributed by atoms with Crippen LogP contribution >= 0.6 is 0 Å². The third-order valence-corrected chi connectivity index (χ3v) is 2.96. The molecule has 22 heavy (non-hydrogen) atoms. The van der Waals surface area contributed by atoms with Crippen molar-refractivity contribution in [2.45, 2.75) is 25.6 Å². The molecule has 0 saturated carbocycles. The van der Waals surface area contributed by atoms with Gasteiger partial charge in [-0.15, -0.1) is 0 Å². The Morgan fingerprint density at radius 1 is 1.36 bits per heavy atom. The quantitative estimate of drug-likeness (QED) is 0.397. The van der Waals surface area contributed by atoms with E-state index in [4.69, 9.17) is 5.73 Å². The molecule has 120 valence electrons. The maximum Gasteiger partial charge on any atom is 0.270 e. The molecule has 1 rings (SSSR count). The topological polar surface area (TPSA) is 156 Å². The first-order chi connectivity index (χ1) is 10.2. The van der Waals surface area contributed by atoms with Gasteiger partial charge in [-0.3, -0.25) is 19.7 Å². The van der Waals surface area contributed by atoms with E-state index in [0.717, 1.165) is 12.1 Å². The smallest absolute Gasteiger partial charge is 0.270 e. The van der Waals surface area contributed by atoms with E-state index in [9.17, 15) is 29.9 Å². The van der Waals surface area contributed by atoms with Crippen LogP contribution in [0.25, 0.3) is 0 Å². The molecule has 1 aromatic carbocycles. The summed E-state index contributed by atoms with van der Waals surface area (Å²) in [5, 5.41) is 33.2. The van der Waals surface area contributed by atoms with Gasteiger partial charge in [0.1, 0.15) is 6.10 Å². The van der Waals surface area contributed by atoms with Crippen LogP contribution in [0.3, 0.4) is 0 Å². The highest BCUT2D eigenvalue weighted by Gasteiger charge is 2.22. The van der Waals surface area contributed by atoms with Gasteiger partial charge in [-0.05, 0) is 18.1 Å². The van der Waals surface area contributed by atoms with Crippen LogP contribution in [0.1, 0.15) is 35.4 Å². The van der Waals surface area contributed by atoms with Gasteiger partial charge in [0.15, 0.2) is 0 Å². The fraction of sp³-hybridized carbons (Fsp3) is 0.385. The van der Waals surface area contributed by atoms with Gasteiger partial charge in [0.25, 0.3) is 5.69 Å². The number of aliphatic hydroxyl groups is 2. The number of primary amides is 1. The number of hydrogen-bond acceptors (Lipinski definition) is 6. The van der Waals surface area contributed by atoms with E-state index < -0.39 is 28.7 Å². The molecule has 0 aliphatic heterocycles. The van der Waals surface area contributed by atoms with Crippen molar-refractivity contribution in [1.82, 2.24) is 5.32 Å². The third-order valence-electron chi connectivity index (χ3n) is 2.96. The summed E-state index contributed by atoms with van der Waals surface area (Å²) in [4.78, 5) is 32.0. The first-order valence-corrected chi connectivity index (χ1v) is 6.42. The summed E-state index contributed by atoms with van der Waals surface area (Å²) in [6, 6.07) is 3.22. The molecule has 5 N–H and O–H groups in total. The van der Waals surface area contributed by atoms with Crippen molar-refractivity contribution < 1.29 is 24.7 Å². The molecule has 2 unspecified atom stereocenters. The van der Waals surface area contributed by atoms with Crippen molar-refractivity contribution in [3.63, 3.8) is 0 Å². The van der Waals surface area contributed by atoms with Crippen LogP contribution in [-0.2, 0) is 4.79 Å². The van der Waals surface area contributed by atoms with E-state index in [1.54, 1.807) is 0 Å². The zero-order chi connectivity index (χ0) is 16.9. The minimum atomic E-state index is -1.45. The fourth-order valence-electron chi connectivity index (χ4n) is 1.83. The normalized spacial score (nSPS) is 13.2. The summed E-state index contributed by atoms with van der Waals surface area (Å²) >= 11 is 0. The molecule has 0 aliphatic rings. The van der Waals surface area contributed by atoms with Crippen molar-refractivity contribution in [1.29, 1.82) is 0 Å². The zero-order valence-corrected chi connectivity index (χ0v) is 11.9. The minimum absolute atomic E-state index is 0.00155. The van der Waals surface area contributed by atoms with Crippen LogP contribution < -0.4 is 11.1 Å². The van der Waals surface area contributed by atoms with Gasteiger partial charge in [0.2, 0.25) is 11.8 Å². The van der Waals surface area contributed by atoms with Gasteiger partial charge in [-0.2, -0.15) is 0 Å². The Balaban J connectivity index is 2.95. The van der Waals surface area contributed by atoms with Crippen molar-refractivity contribution in [3.8, 4) is 0 Å². The monoisotopic (exact) mass is 311 g/mol. The number of hydrogen-bond donors (Lipinski definition) is 4. The Morgan fingerprint density at radius 2 is 2.00 bits per heavy atom. The van der Waals surface area contributed by atoms with Crippen molar-refractivity contribution in [3.05, 3.63) is 39.4 Å². The molecule has 0 fully saturated rings. The predicted octanol–water partition coefficient (Wildman–Crippen LogP) is -0.386. The van der Waals surface area contributed by atoms with Crippen molar-refractivity contribution >= 4 is 17.5 Å². The number of amides is 2. The Kier molecular flexibility index (Phi) is 5.96. The van der Waals surface area contributed by atoms with Crippen LogP contribution in [0.5, 0.6) is 0 Å². The number of nitrogens with one attached hydrogen (secondary N) is 1. The molecule has 9 heteroatoms. The molecule has 1 aromatic rings. The maximum absolute atomic E-state index is 11.2. The molecular formula is C13H17N3O6. The van der Waals surface area contributed by atoms with Gasteiger partial charge < -0.3 is 21.3 Å². The molecule has 2 amide bonds. The molecule has 0 radical (unpaired) electrons. The van der Waals surface area contributed by atoms with Gasteiger partial charge in [0, 0.05) is 31.2 Å². The Labute approximate surface area is 125 Å². The molecule has 0 bridgehead atoms. The standard InChI is InChI=1S/C13H17N3O6/c1-7(17)15-3-2-11(18)12(19)8-4-9(13(14)20)6-10(5-8)16(21)22/h4-6,11-12,18-19H,2-3H2,1H3,(H2,14,20)(H,15,17). The van der Waals surface area contributed by atoms with Crippen LogP contribution in [0.4, 0.5) is 5.69 Å². The zero-order valence-electron chi connectivity index (χ0n) is 11.9. The minimum Gasteiger partial charge on any atom is -0.390 e. The average Bonchev–Trinajstić information content (AvgIpc) is 2.45. The first-order valence-electron chi connectivity index (χ1n) is 6.42. The third kappa shape index (κ3) is 4.79. The number of rotatable bonds is 7. The van der Waals surface area contributed by atoms with Gasteiger partial charge in [-0.25, -0.2) is 0 Å². The van der Waals surface area contributed by atoms with E-state index in [1.807, 2.05) is 0 Å². The molecule has 0 spiro atoms. The summed E-state index contributed by atoms with van der Waals surface area (Å²) < 4.78 is 0. The van der Waals surface area contributed by atoms with Crippen molar-refractivity contribution in [2.24, 2.45) is 5.73 Å². The van der Waals surface area contributed by atoms with Crippen LogP contribution in [-0.4, -0.2) is 39.6 Å². The second-order valence-electron chi connectivity index (χ2n) is 4.72. The van der Waals surface area contributed by atoms with Gasteiger partial charge in [0.05, 0.1) is 11.0 Å². The highest BCUT2D eigenvalue weighted by molar-refractivity contribution is 5.93. The predicted molar refractivity (Wildman–Crippen MR) is 75.9 cm³/mol. The summed E-state index contributed by atoms with van der Waals surface area (Å²) in [6.45, 7) is 1.44. The highest BCUT2D eigenvalue weighted by atomic mass is 16.6. The maximum atomic E-state index is 11.2. The summed E-state index contributed by atoms with van der Waals surface area (Å²) in [5.41, 5.74) is 4.53. The van der Waals surface area contributed by atoms with Crippen LogP contribution in [0, 0.1) is 10.1 Å². The SMILES string of the molecule is CC(=O)NCCC(O)C(O)c1cc(C(N)=O)cc([N+](=O)[O-])c1. The van der Waals surface area contributed by atoms with E-state index in [1.165, 1.54) is 13.0 Å². The molecular weight excluding hydrogens is 294 g/mol. The lowest BCUT2D eigenvalue weighted by molar-refractivity contribution is -0.385. The van der Waals surface area contributed by atoms with Crippen molar-refractivity contribution in [2.75, 3.05) is 6.54 Å². The molecule has 0 aliphatic carbocycles. The number of nitro groups is 1. The van der Waals surface area contributed by atoms with E-state index in [-0.39, 0.29) is 30.0 Å². The molecule has 0 saturated heterocycles. The van der Waals surface area contributed by atoms with E-state index in [0.29, 0.717) is 0 Å². The van der Waals surface area contributed by atoms with Gasteiger partial charge in [-0.1, -0.05) is 0 Å². The van der Waals surface area contributed by atoms with Gasteiger partial charge >= 0.3 is 0 Å². The molecule has 0 heterocycles. The Hall–Kier alpha value is -2.52. The lowest BCUT2D eigenvalue weighted by Crippen LogP contribution is -2.27. The second kappa shape index (κ2) is 7.48. The second-order valence-corrected chi connectivity index (χ2v) is 4.72. The Bertz CT molecular complexity index is 557.